The van der Waals surface area contributed by atoms with Crippen LogP contribution in [0.2, 0.25) is 0 Å². The third-order valence-electron chi connectivity index (χ3n) is 11.1. The zero-order chi connectivity index (χ0) is 35.6. The first kappa shape index (κ1) is 30.5. The standard InChI is InChI=1S/C52H34N2/c1-4-12-40(13-5-1)53(41-14-6-2-7-15-41)43-29-26-36(27-30-43)35-20-22-37(23-21-35)44-31-28-38-24-25-39-34-48-45-18-10-11-19-49(45)54(42-16-8-3-9-17-42)52(48)47-33-32-46(44)50(38)51(39)47/h1-34H. The molecule has 0 N–H and O–H groups in total. The SMILES string of the molecule is c1ccc(N(c2ccccc2)c2ccc(-c3ccc(-c4ccc5ccc6cc7c8ccccc8n(-c8ccccc8)c7c7ccc4c5c67)cc3)cc2)cc1. The molecule has 11 aromatic rings. The van der Waals surface area contributed by atoms with E-state index in [4.69, 9.17) is 0 Å². The molecule has 0 atom stereocenters. The maximum Gasteiger partial charge on any atom is 0.0620 e. The highest BCUT2D eigenvalue weighted by Crippen LogP contribution is 2.45. The molecular weight excluding hydrogens is 653 g/mol. The molecule has 54 heavy (non-hydrogen) atoms. The second-order valence-corrected chi connectivity index (χ2v) is 14.1. The summed E-state index contributed by atoms with van der Waals surface area (Å²) in [7, 11) is 0. The quantitative estimate of drug-likeness (QED) is 0.158. The van der Waals surface area contributed by atoms with Gasteiger partial charge in [-0.15, -0.1) is 0 Å². The first-order valence-electron chi connectivity index (χ1n) is 18.6. The summed E-state index contributed by atoms with van der Waals surface area (Å²) in [5.74, 6) is 0. The van der Waals surface area contributed by atoms with Crippen molar-refractivity contribution in [3.05, 3.63) is 206 Å². The molecule has 252 valence electrons. The molecule has 0 unspecified atom stereocenters. The summed E-state index contributed by atoms with van der Waals surface area (Å²) in [5, 5.41) is 10.3. The number of rotatable bonds is 6. The number of hydrogen-bond donors (Lipinski definition) is 0. The van der Waals surface area contributed by atoms with Gasteiger partial charge < -0.3 is 9.47 Å². The van der Waals surface area contributed by atoms with E-state index in [1.807, 2.05) is 0 Å². The van der Waals surface area contributed by atoms with Crippen molar-refractivity contribution in [2.75, 3.05) is 4.90 Å². The number of benzene rings is 10. The Morgan fingerprint density at radius 1 is 0.333 bits per heavy atom. The average molecular weight is 687 g/mol. The largest absolute Gasteiger partial charge is 0.311 e. The van der Waals surface area contributed by atoms with E-state index < -0.39 is 0 Å². The third kappa shape index (κ3) is 4.74. The fourth-order valence-corrected chi connectivity index (χ4v) is 8.67. The Kier molecular flexibility index (Phi) is 6.90. The van der Waals surface area contributed by atoms with Gasteiger partial charge in [-0.05, 0) is 110 Å². The minimum Gasteiger partial charge on any atom is -0.311 e. The Hall–Kier alpha value is -7.16. The molecule has 0 saturated heterocycles. The Morgan fingerprint density at radius 3 is 1.56 bits per heavy atom. The third-order valence-corrected chi connectivity index (χ3v) is 11.1. The molecule has 1 heterocycles. The maximum atomic E-state index is 2.45. The smallest absolute Gasteiger partial charge is 0.0620 e. The molecule has 0 saturated carbocycles. The molecule has 2 nitrogen and oxygen atoms in total. The number of para-hydroxylation sites is 4. The van der Waals surface area contributed by atoms with Crippen LogP contribution in [0.15, 0.2) is 206 Å². The predicted molar refractivity (Wildman–Crippen MR) is 230 cm³/mol. The molecule has 0 aliphatic rings. The lowest BCUT2D eigenvalue weighted by Gasteiger charge is -2.25. The van der Waals surface area contributed by atoms with Gasteiger partial charge in [0.25, 0.3) is 0 Å². The highest BCUT2D eigenvalue weighted by molar-refractivity contribution is 6.32. The second-order valence-electron chi connectivity index (χ2n) is 14.1. The van der Waals surface area contributed by atoms with Crippen molar-refractivity contribution in [2.45, 2.75) is 0 Å². The van der Waals surface area contributed by atoms with E-state index in [2.05, 4.69) is 216 Å². The van der Waals surface area contributed by atoms with E-state index in [-0.39, 0.29) is 0 Å². The molecule has 0 spiro atoms. The van der Waals surface area contributed by atoms with Crippen LogP contribution in [0.4, 0.5) is 17.1 Å². The predicted octanol–water partition coefficient (Wildman–Crippen LogP) is 14.5. The minimum atomic E-state index is 1.13. The molecule has 0 amide bonds. The molecular formula is C52H34N2. The van der Waals surface area contributed by atoms with Crippen molar-refractivity contribution in [3.63, 3.8) is 0 Å². The molecule has 0 radical (unpaired) electrons. The van der Waals surface area contributed by atoms with Gasteiger partial charge in [-0.1, -0.05) is 146 Å². The summed E-state index contributed by atoms with van der Waals surface area (Å²) < 4.78 is 2.45. The van der Waals surface area contributed by atoms with Crippen molar-refractivity contribution < 1.29 is 0 Å². The van der Waals surface area contributed by atoms with E-state index in [1.54, 1.807) is 0 Å². The Bertz CT molecular complexity index is 3070. The number of hydrogen-bond acceptors (Lipinski definition) is 1. The van der Waals surface area contributed by atoms with Crippen LogP contribution in [0, 0.1) is 0 Å². The van der Waals surface area contributed by atoms with Crippen LogP contribution in [-0.2, 0) is 0 Å². The van der Waals surface area contributed by atoms with Gasteiger partial charge in [0.15, 0.2) is 0 Å². The summed E-state index contributed by atoms with van der Waals surface area (Å²) in [6, 6.07) is 75.0. The lowest BCUT2D eigenvalue weighted by Crippen LogP contribution is -2.09. The number of aromatic nitrogens is 1. The Morgan fingerprint density at radius 2 is 0.852 bits per heavy atom. The zero-order valence-electron chi connectivity index (χ0n) is 29.5. The van der Waals surface area contributed by atoms with Crippen LogP contribution < -0.4 is 4.90 Å². The molecule has 0 aliphatic carbocycles. The summed E-state index contributed by atoms with van der Waals surface area (Å²) in [6.07, 6.45) is 0. The van der Waals surface area contributed by atoms with Crippen LogP contribution in [0.3, 0.4) is 0 Å². The van der Waals surface area contributed by atoms with Gasteiger partial charge in [-0.25, -0.2) is 0 Å². The highest BCUT2D eigenvalue weighted by atomic mass is 15.1. The van der Waals surface area contributed by atoms with Crippen molar-refractivity contribution in [1.82, 2.24) is 4.57 Å². The van der Waals surface area contributed by atoms with Crippen LogP contribution >= 0.6 is 0 Å². The topological polar surface area (TPSA) is 8.17 Å². The molecule has 0 bridgehead atoms. The Labute approximate surface area is 313 Å². The molecule has 0 fully saturated rings. The van der Waals surface area contributed by atoms with Gasteiger partial charge in [0.05, 0.1) is 11.0 Å². The maximum absolute atomic E-state index is 2.45. The van der Waals surface area contributed by atoms with E-state index in [9.17, 15) is 0 Å². The van der Waals surface area contributed by atoms with Gasteiger partial charge in [0, 0.05) is 38.9 Å². The minimum absolute atomic E-state index is 1.13. The molecule has 10 aromatic carbocycles. The monoisotopic (exact) mass is 686 g/mol. The molecule has 0 aliphatic heterocycles. The fraction of sp³-hybridized carbons (Fsp3) is 0. The molecule has 1 aromatic heterocycles. The van der Waals surface area contributed by atoms with Crippen molar-refractivity contribution in [3.8, 4) is 27.9 Å². The van der Waals surface area contributed by atoms with Crippen molar-refractivity contribution >= 4 is 71.2 Å². The van der Waals surface area contributed by atoms with Gasteiger partial charge in [0.1, 0.15) is 0 Å². The lowest BCUT2D eigenvalue weighted by atomic mass is 9.88. The van der Waals surface area contributed by atoms with Crippen LogP contribution in [0.1, 0.15) is 0 Å². The van der Waals surface area contributed by atoms with Crippen molar-refractivity contribution in [1.29, 1.82) is 0 Å². The van der Waals surface area contributed by atoms with E-state index >= 15 is 0 Å². The molecule has 11 rings (SSSR count). The van der Waals surface area contributed by atoms with Gasteiger partial charge in [0.2, 0.25) is 0 Å². The number of fused-ring (bicyclic) bond motifs is 4. The zero-order valence-corrected chi connectivity index (χ0v) is 29.5. The summed E-state index contributed by atoms with van der Waals surface area (Å²) in [6.45, 7) is 0. The normalized spacial score (nSPS) is 11.7. The Balaban J connectivity index is 1.01. The van der Waals surface area contributed by atoms with Gasteiger partial charge in [-0.2, -0.15) is 0 Å². The number of anilines is 3. The fourth-order valence-electron chi connectivity index (χ4n) is 8.67. The molecule has 2 heteroatoms. The summed E-state index contributed by atoms with van der Waals surface area (Å²) in [5.41, 5.74) is 11.9. The number of nitrogens with zero attached hydrogens (tertiary/aromatic N) is 2. The average Bonchev–Trinajstić information content (AvgIpc) is 3.58. The lowest BCUT2D eigenvalue weighted by molar-refractivity contribution is 1.19. The van der Waals surface area contributed by atoms with Gasteiger partial charge in [-0.3, -0.25) is 0 Å². The van der Waals surface area contributed by atoms with Crippen LogP contribution in [0.25, 0.3) is 82.1 Å². The summed E-state index contributed by atoms with van der Waals surface area (Å²) >= 11 is 0. The van der Waals surface area contributed by atoms with Gasteiger partial charge >= 0.3 is 0 Å². The second kappa shape index (κ2) is 12.2. The van der Waals surface area contributed by atoms with E-state index in [1.165, 1.54) is 82.1 Å². The van der Waals surface area contributed by atoms with E-state index in [0.29, 0.717) is 0 Å². The van der Waals surface area contributed by atoms with Crippen LogP contribution in [0.5, 0.6) is 0 Å². The highest BCUT2D eigenvalue weighted by Gasteiger charge is 2.20. The van der Waals surface area contributed by atoms with E-state index in [0.717, 1.165) is 17.1 Å². The van der Waals surface area contributed by atoms with Crippen LogP contribution in [-0.4, -0.2) is 4.57 Å². The first-order chi connectivity index (χ1) is 26.8. The first-order valence-corrected chi connectivity index (χ1v) is 18.6. The van der Waals surface area contributed by atoms with Crippen molar-refractivity contribution in [2.24, 2.45) is 0 Å². The summed E-state index contributed by atoms with van der Waals surface area (Å²) in [4.78, 5) is 2.30.